The molecule has 0 N–H and O–H groups in total. The maximum absolute atomic E-state index is 4.59. The summed E-state index contributed by atoms with van der Waals surface area (Å²) in [5, 5.41) is 2.48. The predicted octanol–water partition coefficient (Wildman–Crippen LogP) is 3.91. The van der Waals surface area contributed by atoms with Gasteiger partial charge in [0.2, 0.25) is 0 Å². The Kier molecular flexibility index (Phi) is 2.56. The summed E-state index contributed by atoms with van der Waals surface area (Å²) in [6, 6.07) is 14.8. The highest BCUT2D eigenvalue weighted by molar-refractivity contribution is 5.86. The monoisotopic (exact) mass is 234 g/mol. The zero-order valence-electron chi connectivity index (χ0n) is 10.5. The Bertz CT molecular complexity index is 717. The fraction of sp³-hybridized carbons (Fsp3) is 0.125. The van der Waals surface area contributed by atoms with Crippen LogP contribution in [0.3, 0.4) is 0 Å². The summed E-state index contributed by atoms with van der Waals surface area (Å²) >= 11 is 0. The molecule has 1 aromatic heterocycles. The molecule has 88 valence electrons. The third kappa shape index (κ3) is 1.86. The van der Waals surface area contributed by atoms with Crippen LogP contribution in [-0.4, -0.2) is 9.97 Å². The molecule has 2 aromatic carbocycles. The van der Waals surface area contributed by atoms with Crippen molar-refractivity contribution in [3.63, 3.8) is 0 Å². The molecule has 0 spiro atoms. The van der Waals surface area contributed by atoms with Crippen LogP contribution in [0, 0.1) is 13.8 Å². The third-order valence-electron chi connectivity index (χ3n) is 3.10. The number of aryl methyl sites for hydroxylation is 2. The second-order valence-electron chi connectivity index (χ2n) is 4.51. The molecule has 1 heterocycles. The van der Waals surface area contributed by atoms with E-state index in [1.807, 2.05) is 13.8 Å². The maximum Gasteiger partial charge on any atom is 0.0917 e. The molecule has 2 heteroatoms. The van der Waals surface area contributed by atoms with Crippen LogP contribution in [0.15, 0.2) is 48.7 Å². The second kappa shape index (κ2) is 4.22. The number of benzene rings is 2. The topological polar surface area (TPSA) is 25.8 Å². The maximum atomic E-state index is 4.59. The third-order valence-corrected chi connectivity index (χ3v) is 3.10. The highest BCUT2D eigenvalue weighted by Crippen LogP contribution is 2.24. The Hall–Kier alpha value is -2.22. The van der Waals surface area contributed by atoms with Crippen molar-refractivity contribution in [2.75, 3.05) is 0 Å². The molecule has 3 rings (SSSR count). The summed E-state index contributed by atoms with van der Waals surface area (Å²) in [5.74, 6) is 0. The molecule has 0 bridgehead atoms. The first-order valence-electron chi connectivity index (χ1n) is 6.03. The molecule has 3 aromatic rings. The molecular formula is C16H14N2. The number of hydrogen-bond donors (Lipinski definition) is 0. The minimum atomic E-state index is 0.948. The van der Waals surface area contributed by atoms with Gasteiger partial charge in [-0.15, -0.1) is 0 Å². The van der Waals surface area contributed by atoms with Crippen molar-refractivity contribution in [1.82, 2.24) is 9.97 Å². The zero-order chi connectivity index (χ0) is 12.5. The van der Waals surface area contributed by atoms with Crippen LogP contribution in [-0.2, 0) is 0 Å². The first-order valence-corrected chi connectivity index (χ1v) is 6.03. The molecule has 0 unspecified atom stereocenters. The lowest BCUT2D eigenvalue weighted by Crippen LogP contribution is -1.94. The van der Waals surface area contributed by atoms with E-state index in [9.17, 15) is 0 Å². The molecule has 0 saturated carbocycles. The van der Waals surface area contributed by atoms with Gasteiger partial charge in [0.25, 0.3) is 0 Å². The van der Waals surface area contributed by atoms with E-state index in [0.717, 1.165) is 22.6 Å². The lowest BCUT2D eigenvalue weighted by Gasteiger charge is -2.06. The van der Waals surface area contributed by atoms with Gasteiger partial charge in [-0.1, -0.05) is 36.4 Å². The van der Waals surface area contributed by atoms with Gasteiger partial charge in [0.1, 0.15) is 0 Å². The van der Waals surface area contributed by atoms with Gasteiger partial charge in [0.05, 0.1) is 17.1 Å². The van der Waals surface area contributed by atoms with Crippen LogP contribution >= 0.6 is 0 Å². The number of hydrogen-bond acceptors (Lipinski definition) is 2. The highest BCUT2D eigenvalue weighted by Gasteiger charge is 2.05. The van der Waals surface area contributed by atoms with Crippen molar-refractivity contribution in [3.05, 3.63) is 60.0 Å². The quantitative estimate of drug-likeness (QED) is 0.638. The summed E-state index contributed by atoms with van der Waals surface area (Å²) in [7, 11) is 0. The van der Waals surface area contributed by atoms with E-state index in [-0.39, 0.29) is 0 Å². The molecule has 0 aliphatic heterocycles. The van der Waals surface area contributed by atoms with Crippen LogP contribution < -0.4 is 0 Å². The van der Waals surface area contributed by atoms with Crippen molar-refractivity contribution in [1.29, 1.82) is 0 Å². The van der Waals surface area contributed by atoms with E-state index < -0.39 is 0 Å². The van der Waals surface area contributed by atoms with Crippen molar-refractivity contribution < 1.29 is 0 Å². The Morgan fingerprint density at radius 1 is 0.889 bits per heavy atom. The van der Waals surface area contributed by atoms with Crippen molar-refractivity contribution >= 4 is 10.8 Å². The molecule has 18 heavy (non-hydrogen) atoms. The standard InChI is InChI=1S/C16H14N2/c1-11-10-17-12(2)16(18-11)15-8-7-13-5-3-4-6-14(13)9-15/h3-10H,1-2H3. The average molecular weight is 234 g/mol. The summed E-state index contributed by atoms with van der Waals surface area (Å²) in [6.07, 6.45) is 1.81. The normalized spacial score (nSPS) is 10.8. The first-order chi connectivity index (χ1) is 8.74. The van der Waals surface area contributed by atoms with E-state index in [1.54, 1.807) is 6.20 Å². The van der Waals surface area contributed by atoms with Gasteiger partial charge in [0, 0.05) is 11.8 Å². The van der Waals surface area contributed by atoms with E-state index >= 15 is 0 Å². The Balaban J connectivity index is 2.22. The number of aromatic nitrogens is 2. The molecule has 0 radical (unpaired) electrons. The Morgan fingerprint density at radius 2 is 1.67 bits per heavy atom. The molecule has 0 saturated heterocycles. The van der Waals surface area contributed by atoms with Crippen molar-refractivity contribution in [3.8, 4) is 11.3 Å². The number of rotatable bonds is 1. The van der Waals surface area contributed by atoms with E-state index in [4.69, 9.17) is 0 Å². The van der Waals surface area contributed by atoms with Crippen molar-refractivity contribution in [2.45, 2.75) is 13.8 Å². The highest BCUT2D eigenvalue weighted by atomic mass is 14.8. The van der Waals surface area contributed by atoms with E-state index in [1.165, 1.54) is 10.8 Å². The minimum Gasteiger partial charge on any atom is -0.257 e. The minimum absolute atomic E-state index is 0.948. The molecule has 2 nitrogen and oxygen atoms in total. The van der Waals surface area contributed by atoms with Gasteiger partial charge in [-0.2, -0.15) is 0 Å². The van der Waals surface area contributed by atoms with Gasteiger partial charge >= 0.3 is 0 Å². The van der Waals surface area contributed by atoms with E-state index in [2.05, 4.69) is 52.4 Å². The summed E-state index contributed by atoms with van der Waals surface area (Å²) < 4.78 is 0. The predicted molar refractivity (Wildman–Crippen MR) is 74.4 cm³/mol. The number of nitrogens with zero attached hydrogens (tertiary/aromatic N) is 2. The van der Waals surface area contributed by atoms with Crippen LogP contribution in [0.5, 0.6) is 0 Å². The first kappa shape index (κ1) is 10.9. The SMILES string of the molecule is Cc1cnc(C)c(-c2ccc3ccccc3c2)n1. The second-order valence-corrected chi connectivity index (χ2v) is 4.51. The van der Waals surface area contributed by atoms with Gasteiger partial charge in [-0.05, 0) is 30.7 Å². The van der Waals surface area contributed by atoms with Gasteiger partial charge < -0.3 is 0 Å². The average Bonchev–Trinajstić information content (AvgIpc) is 2.41. The fourth-order valence-corrected chi connectivity index (χ4v) is 2.15. The van der Waals surface area contributed by atoms with Gasteiger partial charge in [0.15, 0.2) is 0 Å². The molecular weight excluding hydrogens is 220 g/mol. The molecule has 0 amide bonds. The van der Waals surface area contributed by atoms with Crippen LogP contribution in [0.2, 0.25) is 0 Å². The van der Waals surface area contributed by atoms with Crippen molar-refractivity contribution in [2.24, 2.45) is 0 Å². The van der Waals surface area contributed by atoms with Crippen LogP contribution in [0.4, 0.5) is 0 Å². The van der Waals surface area contributed by atoms with E-state index in [0.29, 0.717) is 0 Å². The molecule has 0 atom stereocenters. The summed E-state index contributed by atoms with van der Waals surface area (Å²) in [6.45, 7) is 3.97. The van der Waals surface area contributed by atoms with Crippen LogP contribution in [0.1, 0.15) is 11.4 Å². The lowest BCUT2D eigenvalue weighted by atomic mass is 10.0. The summed E-state index contributed by atoms with van der Waals surface area (Å²) in [4.78, 5) is 8.96. The Morgan fingerprint density at radius 3 is 2.50 bits per heavy atom. The molecule has 0 aliphatic carbocycles. The van der Waals surface area contributed by atoms with Crippen LogP contribution in [0.25, 0.3) is 22.0 Å². The zero-order valence-corrected chi connectivity index (χ0v) is 10.5. The summed E-state index contributed by atoms with van der Waals surface area (Å²) in [5.41, 5.74) is 4.02. The Labute approximate surface area is 106 Å². The molecule has 0 aliphatic rings. The largest absolute Gasteiger partial charge is 0.257 e. The fourth-order valence-electron chi connectivity index (χ4n) is 2.15. The lowest BCUT2D eigenvalue weighted by molar-refractivity contribution is 1.07. The van der Waals surface area contributed by atoms with Gasteiger partial charge in [-0.3, -0.25) is 4.98 Å². The molecule has 0 fully saturated rings. The number of fused-ring (bicyclic) bond motifs is 1. The smallest absolute Gasteiger partial charge is 0.0917 e. The van der Waals surface area contributed by atoms with Gasteiger partial charge in [-0.25, -0.2) is 4.98 Å².